The van der Waals surface area contributed by atoms with Crippen molar-refractivity contribution in [3.63, 3.8) is 0 Å². The van der Waals surface area contributed by atoms with E-state index in [9.17, 15) is 9.59 Å². The molecule has 21 heavy (non-hydrogen) atoms. The molecule has 0 aliphatic heterocycles. The number of rotatable bonds is 6. The molecular weight excluding hydrogens is 284 g/mol. The van der Waals surface area contributed by atoms with Crippen molar-refractivity contribution in [3.05, 3.63) is 52.2 Å². The summed E-state index contributed by atoms with van der Waals surface area (Å²) in [7, 11) is 2.00. The maximum atomic E-state index is 12.0. The number of hydrogen-bond acceptors (Lipinski definition) is 3. The minimum atomic E-state index is -0.0281. The number of anilines is 1. The number of hydrogen-bond donors (Lipinski definition) is 2. The van der Waals surface area contributed by atoms with Gasteiger partial charge in [-0.1, -0.05) is 6.07 Å². The van der Waals surface area contributed by atoms with Crippen molar-refractivity contribution < 1.29 is 14.5 Å². The van der Waals surface area contributed by atoms with E-state index >= 15 is 0 Å². The van der Waals surface area contributed by atoms with Gasteiger partial charge in [-0.3, -0.25) is 9.59 Å². The van der Waals surface area contributed by atoms with Gasteiger partial charge in [0.1, 0.15) is 6.54 Å². The fourth-order valence-corrected chi connectivity index (χ4v) is 2.86. The zero-order valence-corrected chi connectivity index (χ0v) is 13.0. The molecule has 2 N–H and O–H groups in total. The number of carbonyl (C=O) groups is 2. The molecule has 1 aromatic heterocycles. The Morgan fingerprint density at radius 1 is 1.19 bits per heavy atom. The van der Waals surface area contributed by atoms with Crippen LogP contribution in [-0.4, -0.2) is 25.3 Å². The highest BCUT2D eigenvalue weighted by molar-refractivity contribution is 7.09. The van der Waals surface area contributed by atoms with Crippen LogP contribution in [0.5, 0.6) is 0 Å². The largest absolute Gasteiger partial charge is 0.325 e. The Morgan fingerprint density at radius 2 is 1.90 bits per heavy atom. The zero-order valence-electron chi connectivity index (χ0n) is 12.2. The average Bonchev–Trinajstić information content (AvgIpc) is 2.91. The van der Waals surface area contributed by atoms with Crippen LogP contribution in [0.2, 0.25) is 0 Å². The number of Topliss-reactive ketones (excluding diaryl/α,β-unsaturated/α-hetero) is 1. The summed E-state index contributed by atoms with van der Waals surface area (Å²) in [6.45, 7) is 2.78. The van der Waals surface area contributed by atoms with Gasteiger partial charge in [0.15, 0.2) is 12.3 Å². The number of benzene rings is 1. The molecule has 1 aromatic carbocycles. The van der Waals surface area contributed by atoms with Gasteiger partial charge in [0.2, 0.25) is 0 Å². The first-order chi connectivity index (χ1) is 10.0. The van der Waals surface area contributed by atoms with Crippen LogP contribution < -0.4 is 10.2 Å². The minimum Gasteiger partial charge on any atom is -0.325 e. The number of quaternary nitrogens is 1. The fourth-order valence-electron chi connectivity index (χ4n) is 2.04. The maximum Gasteiger partial charge on any atom is 0.279 e. The van der Waals surface area contributed by atoms with E-state index in [4.69, 9.17) is 0 Å². The third-order valence-electron chi connectivity index (χ3n) is 3.09. The van der Waals surface area contributed by atoms with E-state index < -0.39 is 0 Å². The SMILES string of the molecule is CC(=O)c1ccc(NC(=O)C[NH+](C)Cc2cccs2)cc1. The van der Waals surface area contributed by atoms with Gasteiger partial charge in [0.05, 0.1) is 11.9 Å². The first kappa shape index (κ1) is 15.4. The molecule has 0 saturated carbocycles. The molecule has 0 radical (unpaired) electrons. The van der Waals surface area contributed by atoms with E-state index in [1.54, 1.807) is 35.6 Å². The second kappa shape index (κ2) is 7.15. The number of nitrogens with one attached hydrogen (secondary N) is 2. The Labute approximate surface area is 128 Å². The van der Waals surface area contributed by atoms with Gasteiger partial charge in [-0.25, -0.2) is 0 Å². The maximum absolute atomic E-state index is 12.0. The molecule has 0 saturated heterocycles. The van der Waals surface area contributed by atoms with Gasteiger partial charge >= 0.3 is 0 Å². The molecule has 0 bridgehead atoms. The van der Waals surface area contributed by atoms with Crippen LogP contribution in [-0.2, 0) is 11.3 Å². The second-order valence-corrected chi connectivity index (χ2v) is 6.10. The number of ketones is 1. The first-order valence-corrected chi connectivity index (χ1v) is 7.67. The van der Waals surface area contributed by atoms with E-state index in [1.807, 2.05) is 18.5 Å². The number of amides is 1. The van der Waals surface area contributed by atoms with Crippen LogP contribution >= 0.6 is 11.3 Å². The van der Waals surface area contributed by atoms with Gasteiger partial charge < -0.3 is 10.2 Å². The van der Waals surface area contributed by atoms with Crippen molar-refractivity contribution in [2.24, 2.45) is 0 Å². The molecule has 0 aliphatic rings. The molecule has 110 valence electrons. The molecule has 0 spiro atoms. The zero-order chi connectivity index (χ0) is 15.2. The third kappa shape index (κ3) is 4.81. The Kier molecular flexibility index (Phi) is 5.25. The average molecular weight is 303 g/mol. The Hall–Kier alpha value is -1.98. The Balaban J connectivity index is 1.84. The molecule has 1 atom stereocenters. The van der Waals surface area contributed by atoms with Crippen LogP contribution in [0.25, 0.3) is 0 Å². The second-order valence-electron chi connectivity index (χ2n) is 5.07. The lowest BCUT2D eigenvalue weighted by Gasteiger charge is -2.13. The summed E-state index contributed by atoms with van der Waals surface area (Å²) in [6.07, 6.45) is 0. The third-order valence-corrected chi connectivity index (χ3v) is 3.97. The van der Waals surface area contributed by atoms with Gasteiger partial charge in [-0.15, -0.1) is 11.3 Å². The van der Waals surface area contributed by atoms with E-state index in [0.29, 0.717) is 17.8 Å². The summed E-state index contributed by atoms with van der Waals surface area (Å²) < 4.78 is 0. The lowest BCUT2D eigenvalue weighted by Crippen LogP contribution is -3.08. The van der Waals surface area contributed by atoms with Gasteiger partial charge in [-0.2, -0.15) is 0 Å². The number of carbonyl (C=O) groups excluding carboxylic acids is 2. The van der Waals surface area contributed by atoms with Crippen LogP contribution in [0.3, 0.4) is 0 Å². The summed E-state index contributed by atoms with van der Waals surface area (Å²) in [5.41, 5.74) is 1.36. The normalized spacial score (nSPS) is 11.9. The summed E-state index contributed by atoms with van der Waals surface area (Å²) in [5.74, 6) is -0.00682. The topological polar surface area (TPSA) is 50.6 Å². The molecule has 1 amide bonds. The van der Waals surface area contributed by atoms with E-state index in [0.717, 1.165) is 11.4 Å². The van der Waals surface area contributed by atoms with Crippen molar-refractivity contribution >= 4 is 28.7 Å². The molecule has 2 rings (SSSR count). The Bertz CT molecular complexity index is 606. The highest BCUT2D eigenvalue weighted by Gasteiger charge is 2.11. The summed E-state index contributed by atoms with van der Waals surface area (Å²) in [5, 5.41) is 4.89. The van der Waals surface area contributed by atoms with Crippen molar-refractivity contribution in [3.8, 4) is 0 Å². The highest BCUT2D eigenvalue weighted by Crippen LogP contribution is 2.09. The van der Waals surface area contributed by atoms with Crippen LogP contribution in [0, 0.1) is 0 Å². The predicted octanol–water partition coefficient (Wildman–Crippen LogP) is 1.60. The predicted molar refractivity (Wildman–Crippen MR) is 84.9 cm³/mol. The molecular formula is C16H19N2O2S+. The molecule has 4 nitrogen and oxygen atoms in total. The van der Waals surface area contributed by atoms with Gasteiger partial charge in [0, 0.05) is 11.3 Å². The van der Waals surface area contributed by atoms with Crippen LogP contribution in [0.1, 0.15) is 22.2 Å². The standard InChI is InChI=1S/C16H18N2O2S/c1-12(19)13-5-7-14(8-6-13)17-16(20)11-18(2)10-15-4-3-9-21-15/h3-9H,10-11H2,1-2H3,(H,17,20)/p+1. The monoisotopic (exact) mass is 303 g/mol. The lowest BCUT2D eigenvalue weighted by atomic mass is 10.1. The minimum absolute atomic E-state index is 0.0213. The molecule has 1 unspecified atom stereocenters. The van der Waals surface area contributed by atoms with Crippen molar-refractivity contribution in [2.75, 3.05) is 18.9 Å². The molecule has 5 heteroatoms. The van der Waals surface area contributed by atoms with Gasteiger partial charge in [0.25, 0.3) is 5.91 Å². The quantitative estimate of drug-likeness (QED) is 0.797. The fraction of sp³-hybridized carbons (Fsp3) is 0.250. The van der Waals surface area contributed by atoms with E-state index in [1.165, 1.54) is 11.8 Å². The highest BCUT2D eigenvalue weighted by atomic mass is 32.1. The summed E-state index contributed by atoms with van der Waals surface area (Å²) in [6, 6.07) is 11.0. The summed E-state index contributed by atoms with van der Waals surface area (Å²) in [4.78, 5) is 25.6. The van der Waals surface area contributed by atoms with Crippen molar-refractivity contribution in [1.29, 1.82) is 0 Å². The Morgan fingerprint density at radius 3 is 2.48 bits per heavy atom. The lowest BCUT2D eigenvalue weighted by molar-refractivity contribution is -0.884. The van der Waals surface area contributed by atoms with E-state index in [2.05, 4.69) is 11.4 Å². The van der Waals surface area contributed by atoms with Gasteiger partial charge in [-0.05, 0) is 42.6 Å². The number of thiophene rings is 1. The number of likely N-dealkylation sites (N-methyl/N-ethyl adjacent to an activating group) is 1. The van der Waals surface area contributed by atoms with Crippen molar-refractivity contribution in [2.45, 2.75) is 13.5 Å². The molecule has 2 aromatic rings. The van der Waals surface area contributed by atoms with E-state index in [-0.39, 0.29) is 11.7 Å². The van der Waals surface area contributed by atoms with Crippen molar-refractivity contribution in [1.82, 2.24) is 0 Å². The van der Waals surface area contributed by atoms with Crippen LogP contribution in [0.15, 0.2) is 41.8 Å². The smallest absolute Gasteiger partial charge is 0.279 e. The first-order valence-electron chi connectivity index (χ1n) is 6.79. The molecule has 1 heterocycles. The molecule has 0 aliphatic carbocycles. The summed E-state index contributed by atoms with van der Waals surface area (Å²) >= 11 is 1.70. The molecule has 0 fully saturated rings. The van der Waals surface area contributed by atoms with Crippen LogP contribution in [0.4, 0.5) is 5.69 Å².